The molecule has 0 saturated heterocycles. The molecular formula is C11H11N3. The number of benzene rings is 1. The zero-order valence-electron chi connectivity index (χ0n) is 7.75. The number of rotatable bonds is 1. The second kappa shape index (κ2) is 2.87. The molecule has 0 fully saturated rings. The molecule has 3 nitrogen and oxygen atoms in total. The summed E-state index contributed by atoms with van der Waals surface area (Å²) in [6.45, 7) is 1.84. The van der Waals surface area contributed by atoms with Gasteiger partial charge in [-0.05, 0) is 12.1 Å². The van der Waals surface area contributed by atoms with Crippen LogP contribution in [0.5, 0.6) is 0 Å². The lowest BCUT2D eigenvalue weighted by Crippen LogP contribution is -2.19. The van der Waals surface area contributed by atoms with Crippen LogP contribution in [0.1, 0.15) is 5.56 Å². The van der Waals surface area contributed by atoms with Gasteiger partial charge in [-0.15, -0.1) is 0 Å². The summed E-state index contributed by atoms with van der Waals surface area (Å²) in [7, 11) is 0. The van der Waals surface area contributed by atoms with Crippen LogP contribution < -0.4 is 5.32 Å². The van der Waals surface area contributed by atoms with Crippen LogP contribution in [-0.4, -0.2) is 23.9 Å². The minimum absolute atomic E-state index is 0.885. The standard InChI is InChI=1S/C11H11N3/c1-2-9(11-13-6-7-14-11)8-4-5-12-10(8)3-1/h1-5,12H,6-7H2,(H,13,14). The number of hydrogen-bond acceptors (Lipinski definition) is 2. The molecule has 1 aliphatic heterocycles. The molecule has 0 unspecified atom stereocenters. The molecule has 3 heteroatoms. The fraction of sp³-hybridized carbons (Fsp3) is 0.182. The van der Waals surface area contributed by atoms with E-state index in [9.17, 15) is 0 Å². The van der Waals surface area contributed by atoms with E-state index in [1.54, 1.807) is 0 Å². The number of hydrogen-bond donors (Lipinski definition) is 2. The van der Waals surface area contributed by atoms with E-state index >= 15 is 0 Å². The largest absolute Gasteiger partial charge is 0.368 e. The van der Waals surface area contributed by atoms with Gasteiger partial charge in [-0.2, -0.15) is 0 Å². The quantitative estimate of drug-likeness (QED) is 0.694. The van der Waals surface area contributed by atoms with Crippen LogP contribution in [0.4, 0.5) is 0 Å². The van der Waals surface area contributed by atoms with Crippen LogP contribution in [0.15, 0.2) is 35.5 Å². The fourth-order valence-corrected chi connectivity index (χ4v) is 1.87. The third-order valence-corrected chi connectivity index (χ3v) is 2.52. The van der Waals surface area contributed by atoms with Crippen molar-refractivity contribution < 1.29 is 0 Å². The maximum atomic E-state index is 4.43. The summed E-state index contributed by atoms with van der Waals surface area (Å²) >= 11 is 0. The van der Waals surface area contributed by atoms with E-state index in [1.165, 1.54) is 16.5 Å². The number of aromatic nitrogens is 1. The molecule has 1 aliphatic rings. The molecule has 0 radical (unpaired) electrons. The summed E-state index contributed by atoms with van der Waals surface area (Å²) in [5.41, 5.74) is 2.36. The third-order valence-electron chi connectivity index (χ3n) is 2.52. The van der Waals surface area contributed by atoms with Gasteiger partial charge in [0, 0.05) is 29.2 Å². The zero-order chi connectivity index (χ0) is 9.38. The molecule has 2 aromatic rings. The average molecular weight is 185 g/mol. The molecule has 14 heavy (non-hydrogen) atoms. The average Bonchev–Trinajstić information content (AvgIpc) is 2.88. The lowest BCUT2D eigenvalue weighted by atomic mass is 10.1. The highest BCUT2D eigenvalue weighted by Gasteiger charge is 2.10. The van der Waals surface area contributed by atoms with Gasteiger partial charge in [0.2, 0.25) is 0 Å². The van der Waals surface area contributed by atoms with E-state index in [1.807, 2.05) is 6.20 Å². The van der Waals surface area contributed by atoms with E-state index in [0.717, 1.165) is 18.9 Å². The normalized spacial score (nSPS) is 15.6. The molecule has 2 N–H and O–H groups in total. The van der Waals surface area contributed by atoms with E-state index in [4.69, 9.17) is 0 Å². The Labute approximate surface area is 81.9 Å². The molecule has 0 bridgehead atoms. The smallest absolute Gasteiger partial charge is 0.129 e. The van der Waals surface area contributed by atoms with Gasteiger partial charge in [0.25, 0.3) is 0 Å². The number of nitrogens with zero attached hydrogens (tertiary/aromatic N) is 1. The van der Waals surface area contributed by atoms with Crippen molar-refractivity contribution in [3.63, 3.8) is 0 Å². The second-order valence-electron chi connectivity index (χ2n) is 3.40. The van der Waals surface area contributed by atoms with Gasteiger partial charge in [0.05, 0.1) is 6.54 Å². The summed E-state index contributed by atoms with van der Waals surface area (Å²) in [6, 6.07) is 8.32. The lowest BCUT2D eigenvalue weighted by Gasteiger charge is -2.03. The van der Waals surface area contributed by atoms with E-state index in [-0.39, 0.29) is 0 Å². The highest BCUT2D eigenvalue weighted by Crippen LogP contribution is 2.18. The molecule has 1 aromatic heterocycles. The Bertz CT molecular complexity index is 496. The predicted octanol–water partition coefficient (Wildman–Crippen LogP) is 1.52. The first kappa shape index (κ1) is 7.62. The second-order valence-corrected chi connectivity index (χ2v) is 3.40. The van der Waals surface area contributed by atoms with Gasteiger partial charge < -0.3 is 10.3 Å². The first-order chi connectivity index (χ1) is 6.95. The molecule has 0 spiro atoms. The molecule has 0 atom stereocenters. The molecule has 70 valence electrons. The van der Waals surface area contributed by atoms with Crippen molar-refractivity contribution >= 4 is 16.7 Å². The molecule has 2 heterocycles. The highest BCUT2D eigenvalue weighted by atomic mass is 15.1. The van der Waals surface area contributed by atoms with Crippen LogP contribution >= 0.6 is 0 Å². The summed E-state index contributed by atoms with van der Waals surface area (Å²) in [6.07, 6.45) is 1.96. The van der Waals surface area contributed by atoms with Gasteiger partial charge in [-0.3, -0.25) is 4.99 Å². The van der Waals surface area contributed by atoms with Crippen molar-refractivity contribution in [1.82, 2.24) is 10.3 Å². The van der Waals surface area contributed by atoms with Crippen molar-refractivity contribution in [2.24, 2.45) is 4.99 Å². The molecular weight excluding hydrogens is 174 g/mol. The minimum atomic E-state index is 0.885. The van der Waals surface area contributed by atoms with Gasteiger partial charge in [0.15, 0.2) is 0 Å². The first-order valence-corrected chi connectivity index (χ1v) is 4.80. The zero-order valence-corrected chi connectivity index (χ0v) is 7.75. The Morgan fingerprint density at radius 1 is 1.21 bits per heavy atom. The number of aliphatic imine (C=N–C) groups is 1. The number of aromatic amines is 1. The molecule has 1 aromatic carbocycles. The topological polar surface area (TPSA) is 40.2 Å². The summed E-state index contributed by atoms with van der Waals surface area (Å²) < 4.78 is 0. The Balaban J connectivity index is 2.24. The molecule has 0 aliphatic carbocycles. The lowest BCUT2D eigenvalue weighted by molar-refractivity contribution is 0.960. The Hall–Kier alpha value is -1.77. The number of amidine groups is 1. The Kier molecular flexibility index (Phi) is 1.56. The van der Waals surface area contributed by atoms with E-state index in [2.05, 4.69) is 39.6 Å². The van der Waals surface area contributed by atoms with Crippen LogP contribution in [0, 0.1) is 0 Å². The minimum Gasteiger partial charge on any atom is -0.368 e. The number of fused-ring (bicyclic) bond motifs is 1. The van der Waals surface area contributed by atoms with Crippen molar-refractivity contribution in [3.8, 4) is 0 Å². The third kappa shape index (κ3) is 1.02. The van der Waals surface area contributed by atoms with E-state index in [0.29, 0.717) is 0 Å². The number of nitrogens with one attached hydrogen (secondary N) is 2. The molecule has 3 rings (SSSR count). The van der Waals surface area contributed by atoms with Crippen molar-refractivity contribution in [2.45, 2.75) is 0 Å². The summed E-state index contributed by atoms with van der Waals surface area (Å²) in [5, 5.41) is 4.53. The van der Waals surface area contributed by atoms with Crippen molar-refractivity contribution in [1.29, 1.82) is 0 Å². The van der Waals surface area contributed by atoms with Gasteiger partial charge >= 0.3 is 0 Å². The van der Waals surface area contributed by atoms with Crippen LogP contribution in [-0.2, 0) is 0 Å². The maximum Gasteiger partial charge on any atom is 0.129 e. The Morgan fingerprint density at radius 3 is 3.07 bits per heavy atom. The van der Waals surface area contributed by atoms with Gasteiger partial charge in [-0.1, -0.05) is 12.1 Å². The first-order valence-electron chi connectivity index (χ1n) is 4.80. The monoisotopic (exact) mass is 185 g/mol. The highest BCUT2D eigenvalue weighted by molar-refractivity contribution is 6.09. The van der Waals surface area contributed by atoms with Crippen LogP contribution in [0.3, 0.4) is 0 Å². The number of H-pyrrole nitrogens is 1. The summed E-state index contributed by atoms with van der Waals surface area (Å²) in [4.78, 5) is 7.63. The SMILES string of the molecule is c1cc(C2=NCCN2)c2cc[nH]c2c1. The fourth-order valence-electron chi connectivity index (χ4n) is 1.87. The van der Waals surface area contributed by atoms with Crippen molar-refractivity contribution in [2.75, 3.05) is 13.1 Å². The van der Waals surface area contributed by atoms with Crippen LogP contribution in [0.25, 0.3) is 10.9 Å². The Morgan fingerprint density at radius 2 is 2.21 bits per heavy atom. The van der Waals surface area contributed by atoms with E-state index < -0.39 is 0 Å². The molecule has 0 saturated carbocycles. The molecule has 0 amide bonds. The van der Waals surface area contributed by atoms with Gasteiger partial charge in [-0.25, -0.2) is 0 Å². The van der Waals surface area contributed by atoms with Crippen LogP contribution in [0.2, 0.25) is 0 Å². The predicted molar refractivity (Wildman–Crippen MR) is 57.7 cm³/mol. The summed E-state index contributed by atoms with van der Waals surface area (Å²) in [5.74, 6) is 1.02. The maximum absolute atomic E-state index is 4.43. The van der Waals surface area contributed by atoms with Gasteiger partial charge in [0.1, 0.15) is 5.84 Å². The van der Waals surface area contributed by atoms with Crippen molar-refractivity contribution in [3.05, 3.63) is 36.0 Å².